The standard InChI is InChI=1S/C26H23FN4O3S/c27-19-8-6-17(7-9-19)25-23-13-10-20(15-30(23)16-28-25)31-24(32)14-22(29-35(33,34)21-11-12-21)26(31)18-4-2-1-3-5-18/h1-10,13,15-16,21-22,26,29H,11-12,14H2/t22-,26+/m0/s1. The zero-order valence-electron chi connectivity index (χ0n) is 18.7. The Morgan fingerprint density at radius 2 is 1.71 bits per heavy atom. The van der Waals surface area contributed by atoms with Crippen molar-refractivity contribution in [2.45, 2.75) is 36.6 Å². The number of rotatable bonds is 6. The molecule has 1 N–H and O–H groups in total. The average molecular weight is 491 g/mol. The molecule has 1 aliphatic carbocycles. The summed E-state index contributed by atoms with van der Waals surface area (Å²) in [6, 6.07) is 18.3. The van der Waals surface area contributed by atoms with Crippen LogP contribution in [0.15, 0.2) is 79.3 Å². The van der Waals surface area contributed by atoms with E-state index >= 15 is 0 Å². The van der Waals surface area contributed by atoms with Crippen LogP contribution in [0.4, 0.5) is 10.1 Å². The fourth-order valence-electron chi connectivity index (χ4n) is 4.82. The molecule has 7 nitrogen and oxygen atoms in total. The molecule has 178 valence electrons. The minimum atomic E-state index is -3.48. The minimum absolute atomic E-state index is 0.0777. The summed E-state index contributed by atoms with van der Waals surface area (Å²) >= 11 is 0. The van der Waals surface area contributed by atoms with Crippen molar-refractivity contribution in [1.29, 1.82) is 0 Å². The predicted octanol–water partition coefficient (Wildman–Crippen LogP) is 4.07. The van der Waals surface area contributed by atoms with E-state index in [0.29, 0.717) is 24.2 Å². The summed E-state index contributed by atoms with van der Waals surface area (Å²) in [5, 5.41) is -0.366. The van der Waals surface area contributed by atoms with Crippen LogP contribution in [-0.2, 0) is 14.8 Å². The Labute approximate surface area is 202 Å². The lowest BCUT2D eigenvalue weighted by Crippen LogP contribution is -2.41. The van der Waals surface area contributed by atoms with Crippen molar-refractivity contribution in [1.82, 2.24) is 14.1 Å². The third-order valence-corrected chi connectivity index (χ3v) is 8.63. The summed E-state index contributed by atoms with van der Waals surface area (Å²) in [6.07, 6.45) is 4.87. The molecule has 1 saturated heterocycles. The van der Waals surface area contributed by atoms with Crippen LogP contribution in [0.1, 0.15) is 30.9 Å². The number of sulfonamides is 1. The van der Waals surface area contributed by atoms with E-state index in [1.54, 1.807) is 23.4 Å². The summed E-state index contributed by atoms with van der Waals surface area (Å²) in [7, 11) is -3.48. The van der Waals surface area contributed by atoms with E-state index in [1.165, 1.54) is 12.1 Å². The van der Waals surface area contributed by atoms with Crippen LogP contribution in [0.2, 0.25) is 0 Å². The highest BCUT2D eigenvalue weighted by molar-refractivity contribution is 7.90. The summed E-state index contributed by atoms with van der Waals surface area (Å²) in [5.74, 6) is -0.466. The smallest absolute Gasteiger partial charge is 0.229 e. The number of nitrogens with one attached hydrogen (secondary N) is 1. The Balaban J connectivity index is 1.39. The highest BCUT2D eigenvalue weighted by Crippen LogP contribution is 2.39. The monoisotopic (exact) mass is 490 g/mol. The first-order valence-corrected chi connectivity index (χ1v) is 13.1. The molecule has 0 radical (unpaired) electrons. The second-order valence-electron chi connectivity index (χ2n) is 9.07. The second-order valence-corrected chi connectivity index (χ2v) is 11.1. The first kappa shape index (κ1) is 21.9. The van der Waals surface area contributed by atoms with Crippen molar-refractivity contribution in [3.8, 4) is 11.3 Å². The van der Waals surface area contributed by atoms with Crippen molar-refractivity contribution < 1.29 is 17.6 Å². The van der Waals surface area contributed by atoms with Gasteiger partial charge in [0.15, 0.2) is 0 Å². The quantitative estimate of drug-likeness (QED) is 0.442. The third-order valence-electron chi connectivity index (χ3n) is 6.65. The number of amides is 1. The number of pyridine rings is 1. The Bertz CT molecular complexity index is 1520. The molecular weight excluding hydrogens is 467 g/mol. The van der Waals surface area contributed by atoms with Crippen LogP contribution < -0.4 is 9.62 Å². The van der Waals surface area contributed by atoms with Crippen LogP contribution in [-0.4, -0.2) is 35.0 Å². The van der Waals surface area contributed by atoms with E-state index < -0.39 is 22.1 Å². The maximum atomic E-state index is 13.4. The zero-order valence-corrected chi connectivity index (χ0v) is 19.5. The molecular formula is C26H23FN4O3S. The number of carbonyl (C=O) groups is 1. The first-order chi connectivity index (χ1) is 16.9. The van der Waals surface area contributed by atoms with Gasteiger partial charge in [-0.15, -0.1) is 0 Å². The molecule has 0 unspecified atom stereocenters. The Morgan fingerprint density at radius 1 is 0.971 bits per heavy atom. The van der Waals surface area contributed by atoms with Crippen LogP contribution in [0.3, 0.4) is 0 Å². The highest BCUT2D eigenvalue weighted by Gasteiger charge is 2.46. The normalized spacial score (nSPS) is 20.6. The number of carbonyl (C=O) groups excluding carboxylic acids is 1. The Morgan fingerprint density at radius 3 is 2.43 bits per heavy atom. The van der Waals surface area contributed by atoms with Gasteiger partial charge in [-0.05, 0) is 54.8 Å². The molecule has 1 aliphatic heterocycles. The Hall–Kier alpha value is -3.56. The van der Waals surface area contributed by atoms with Crippen LogP contribution in [0.5, 0.6) is 0 Å². The molecule has 2 aliphatic rings. The number of nitrogens with zero attached hydrogens (tertiary/aromatic N) is 3. The van der Waals surface area contributed by atoms with E-state index in [4.69, 9.17) is 0 Å². The van der Waals surface area contributed by atoms with Gasteiger partial charge in [-0.2, -0.15) is 0 Å². The van der Waals surface area contributed by atoms with Crippen LogP contribution >= 0.6 is 0 Å². The van der Waals surface area contributed by atoms with Gasteiger partial charge in [-0.25, -0.2) is 22.5 Å². The van der Waals surface area contributed by atoms with E-state index in [1.807, 2.05) is 53.1 Å². The number of halogens is 1. The molecule has 4 aromatic rings. The number of benzene rings is 2. The predicted molar refractivity (Wildman–Crippen MR) is 131 cm³/mol. The molecule has 0 spiro atoms. The average Bonchev–Trinajstić information content (AvgIpc) is 3.57. The highest BCUT2D eigenvalue weighted by atomic mass is 32.2. The van der Waals surface area contributed by atoms with Gasteiger partial charge < -0.3 is 9.30 Å². The van der Waals surface area contributed by atoms with E-state index in [0.717, 1.165) is 16.6 Å². The lowest BCUT2D eigenvalue weighted by molar-refractivity contribution is -0.117. The third kappa shape index (κ3) is 4.00. The maximum absolute atomic E-state index is 13.4. The fourth-order valence-corrected chi connectivity index (χ4v) is 6.41. The van der Waals surface area contributed by atoms with Gasteiger partial charge in [0.25, 0.3) is 0 Å². The number of imidazole rings is 1. The number of hydrogen-bond donors (Lipinski definition) is 1. The van der Waals surface area contributed by atoms with Gasteiger partial charge in [0.1, 0.15) is 12.1 Å². The van der Waals surface area contributed by atoms with Crippen molar-refractivity contribution in [3.63, 3.8) is 0 Å². The molecule has 0 bridgehead atoms. The van der Waals surface area contributed by atoms with E-state index in [9.17, 15) is 17.6 Å². The topological polar surface area (TPSA) is 83.8 Å². The van der Waals surface area contributed by atoms with Crippen LogP contribution in [0.25, 0.3) is 16.8 Å². The second kappa shape index (κ2) is 8.28. The van der Waals surface area contributed by atoms with Crippen molar-refractivity contribution >= 4 is 27.1 Å². The maximum Gasteiger partial charge on any atom is 0.229 e. The van der Waals surface area contributed by atoms with Crippen molar-refractivity contribution in [2.24, 2.45) is 0 Å². The number of hydrogen-bond acceptors (Lipinski definition) is 4. The van der Waals surface area contributed by atoms with Gasteiger partial charge in [-0.3, -0.25) is 4.79 Å². The van der Waals surface area contributed by atoms with Crippen molar-refractivity contribution in [3.05, 3.63) is 90.6 Å². The van der Waals surface area contributed by atoms with Crippen molar-refractivity contribution in [2.75, 3.05) is 4.90 Å². The van der Waals surface area contributed by atoms with Gasteiger partial charge in [0.05, 0.1) is 34.2 Å². The molecule has 9 heteroatoms. The minimum Gasteiger partial charge on any atom is -0.304 e. The molecule has 3 heterocycles. The summed E-state index contributed by atoms with van der Waals surface area (Å²) < 4.78 is 43.5. The molecule has 6 rings (SSSR count). The summed E-state index contributed by atoms with van der Waals surface area (Å²) in [5.41, 5.74) is 3.82. The number of aromatic nitrogens is 2. The molecule has 35 heavy (non-hydrogen) atoms. The van der Waals surface area contributed by atoms with Gasteiger partial charge in [-0.1, -0.05) is 30.3 Å². The summed E-state index contributed by atoms with van der Waals surface area (Å²) in [6.45, 7) is 0. The molecule has 2 aromatic heterocycles. The molecule has 2 aromatic carbocycles. The van der Waals surface area contributed by atoms with Gasteiger partial charge >= 0.3 is 0 Å². The van der Waals surface area contributed by atoms with Crippen LogP contribution in [0, 0.1) is 5.82 Å². The molecule has 2 atom stereocenters. The largest absolute Gasteiger partial charge is 0.304 e. The molecule has 1 amide bonds. The number of fused-ring (bicyclic) bond motifs is 1. The van der Waals surface area contributed by atoms with Gasteiger partial charge in [0, 0.05) is 18.2 Å². The molecule has 1 saturated carbocycles. The lowest BCUT2D eigenvalue weighted by atomic mass is 10.0. The fraction of sp³-hybridized carbons (Fsp3) is 0.231. The summed E-state index contributed by atoms with van der Waals surface area (Å²) in [4.78, 5) is 19.4. The number of anilines is 1. The Kier molecular flexibility index (Phi) is 5.19. The molecule has 2 fully saturated rings. The van der Waals surface area contributed by atoms with Gasteiger partial charge in [0.2, 0.25) is 15.9 Å². The first-order valence-electron chi connectivity index (χ1n) is 11.5. The zero-order chi connectivity index (χ0) is 24.2. The SMILES string of the molecule is O=C1C[C@H](NS(=O)(=O)C2CC2)[C@@H](c2ccccc2)N1c1ccc2c(-c3ccc(F)cc3)ncn2c1. The van der Waals surface area contributed by atoms with E-state index in [-0.39, 0.29) is 23.4 Å². The lowest BCUT2D eigenvalue weighted by Gasteiger charge is -2.29. The van der Waals surface area contributed by atoms with E-state index in [2.05, 4.69) is 9.71 Å².